The van der Waals surface area contributed by atoms with Gasteiger partial charge in [0, 0.05) is 25.9 Å². The Bertz CT molecular complexity index is 482. The lowest BCUT2D eigenvalue weighted by atomic mass is 10.1. The van der Waals surface area contributed by atoms with Crippen molar-refractivity contribution in [3.05, 3.63) is 30.1 Å². The molecule has 116 valence electrons. The highest BCUT2D eigenvalue weighted by Gasteiger charge is 2.31. The summed E-state index contributed by atoms with van der Waals surface area (Å²) in [6, 6.07) is 2.86. The van der Waals surface area contributed by atoms with Gasteiger partial charge >= 0.3 is 12.1 Å². The van der Waals surface area contributed by atoms with Gasteiger partial charge in [-0.2, -0.15) is 0 Å². The molecule has 1 unspecified atom stereocenters. The molecule has 0 bridgehead atoms. The first-order valence-corrected chi connectivity index (χ1v) is 6.67. The number of hydrogen-bond acceptors (Lipinski definition) is 5. The van der Waals surface area contributed by atoms with Crippen LogP contribution in [0.2, 0.25) is 0 Å². The maximum absolute atomic E-state index is 12.1. The van der Waals surface area contributed by atoms with Gasteiger partial charge in [-0.3, -0.25) is 9.88 Å². The molecule has 0 aliphatic heterocycles. The van der Waals surface area contributed by atoms with Gasteiger partial charge in [-0.25, -0.2) is 9.59 Å². The fourth-order valence-corrected chi connectivity index (χ4v) is 1.72. The van der Waals surface area contributed by atoms with Crippen molar-refractivity contribution in [2.45, 2.75) is 38.8 Å². The fourth-order valence-electron chi connectivity index (χ4n) is 1.72. The van der Waals surface area contributed by atoms with Crippen LogP contribution in [0.25, 0.3) is 0 Å². The minimum atomic E-state index is -0.756. The number of carbonyl (C=O) groups excluding carboxylic acids is 2. The molecule has 21 heavy (non-hydrogen) atoms. The number of hydrogen-bond donors (Lipinski definition) is 0. The maximum atomic E-state index is 12.1. The summed E-state index contributed by atoms with van der Waals surface area (Å²) < 4.78 is 10.1. The molecule has 6 heteroatoms. The number of amides is 1. The lowest BCUT2D eigenvalue weighted by Gasteiger charge is -2.29. The minimum absolute atomic E-state index is 0.316. The van der Waals surface area contributed by atoms with Crippen molar-refractivity contribution in [1.29, 1.82) is 0 Å². The molecule has 0 spiro atoms. The maximum Gasteiger partial charge on any atom is 0.410 e. The van der Waals surface area contributed by atoms with Crippen LogP contribution in [0.15, 0.2) is 24.5 Å². The molecule has 0 aromatic carbocycles. The summed E-state index contributed by atoms with van der Waals surface area (Å²) in [7, 11) is 2.81. The number of nitrogens with zero attached hydrogens (tertiary/aromatic N) is 2. The van der Waals surface area contributed by atoms with Crippen LogP contribution in [0.5, 0.6) is 0 Å². The van der Waals surface area contributed by atoms with Crippen LogP contribution >= 0.6 is 0 Å². The van der Waals surface area contributed by atoms with Gasteiger partial charge in [0.15, 0.2) is 0 Å². The third-order valence-electron chi connectivity index (χ3n) is 2.77. The van der Waals surface area contributed by atoms with E-state index in [1.807, 2.05) is 6.07 Å². The van der Waals surface area contributed by atoms with Crippen LogP contribution in [0.3, 0.4) is 0 Å². The van der Waals surface area contributed by atoms with E-state index in [0.29, 0.717) is 6.42 Å². The number of ether oxygens (including phenoxy) is 2. The zero-order valence-electron chi connectivity index (χ0n) is 13.1. The smallest absolute Gasteiger partial charge is 0.410 e. The molecule has 1 aromatic heterocycles. The third kappa shape index (κ3) is 5.41. The number of esters is 1. The predicted octanol–water partition coefficient (Wildman–Crippen LogP) is 2.03. The van der Waals surface area contributed by atoms with E-state index >= 15 is 0 Å². The highest BCUT2D eigenvalue weighted by molar-refractivity contribution is 5.81. The highest BCUT2D eigenvalue weighted by atomic mass is 16.6. The number of pyridine rings is 1. The zero-order valence-corrected chi connectivity index (χ0v) is 13.1. The number of aromatic nitrogens is 1. The van der Waals surface area contributed by atoms with Crippen LogP contribution in [0.4, 0.5) is 4.79 Å². The van der Waals surface area contributed by atoms with Crippen molar-refractivity contribution >= 4 is 12.1 Å². The molecule has 1 amide bonds. The molecular weight excluding hydrogens is 272 g/mol. The van der Waals surface area contributed by atoms with E-state index in [1.54, 1.807) is 39.2 Å². The molecule has 1 rings (SSSR count). The Balaban J connectivity index is 2.87. The van der Waals surface area contributed by atoms with E-state index in [1.165, 1.54) is 19.1 Å². The second kappa shape index (κ2) is 7.06. The Morgan fingerprint density at radius 1 is 1.38 bits per heavy atom. The summed E-state index contributed by atoms with van der Waals surface area (Å²) in [5, 5.41) is 0. The fraction of sp³-hybridized carbons (Fsp3) is 0.533. The summed E-state index contributed by atoms with van der Waals surface area (Å²) in [6.45, 7) is 5.31. The van der Waals surface area contributed by atoms with Gasteiger partial charge in [-0.15, -0.1) is 0 Å². The van der Waals surface area contributed by atoms with Crippen LogP contribution in [0.1, 0.15) is 26.3 Å². The lowest BCUT2D eigenvalue weighted by Crippen LogP contribution is -2.46. The van der Waals surface area contributed by atoms with Crippen molar-refractivity contribution in [1.82, 2.24) is 9.88 Å². The Labute approximate surface area is 125 Å². The van der Waals surface area contributed by atoms with Gasteiger partial charge in [0.05, 0.1) is 7.11 Å². The van der Waals surface area contributed by atoms with Gasteiger partial charge in [-0.1, -0.05) is 6.07 Å². The zero-order chi connectivity index (χ0) is 16.0. The molecular formula is C15H22N2O4. The predicted molar refractivity (Wildman–Crippen MR) is 77.7 cm³/mol. The van der Waals surface area contributed by atoms with Crippen LogP contribution in [-0.4, -0.2) is 47.7 Å². The minimum Gasteiger partial charge on any atom is -0.467 e. The molecule has 0 saturated carbocycles. The number of rotatable bonds is 4. The first-order valence-electron chi connectivity index (χ1n) is 6.67. The molecule has 1 atom stereocenters. The normalized spacial score (nSPS) is 12.4. The summed E-state index contributed by atoms with van der Waals surface area (Å²) >= 11 is 0. The highest BCUT2D eigenvalue weighted by Crippen LogP contribution is 2.14. The van der Waals surface area contributed by atoms with E-state index < -0.39 is 23.7 Å². The first-order chi connectivity index (χ1) is 9.74. The average molecular weight is 294 g/mol. The summed E-state index contributed by atoms with van der Waals surface area (Å²) in [5.74, 6) is -0.493. The van der Waals surface area contributed by atoms with Crippen molar-refractivity contribution in [2.75, 3.05) is 14.2 Å². The molecule has 1 heterocycles. The lowest BCUT2D eigenvalue weighted by molar-refractivity contribution is -0.146. The largest absolute Gasteiger partial charge is 0.467 e. The van der Waals surface area contributed by atoms with Gasteiger partial charge < -0.3 is 9.47 Å². The first kappa shape index (κ1) is 16.9. The van der Waals surface area contributed by atoms with Crippen LogP contribution < -0.4 is 0 Å². The molecule has 0 saturated heterocycles. The Kier molecular flexibility index (Phi) is 5.69. The Morgan fingerprint density at radius 2 is 2.05 bits per heavy atom. The SMILES string of the molecule is COC(=O)C(Cc1cccnc1)N(C)C(=O)OC(C)(C)C. The van der Waals surface area contributed by atoms with E-state index in [-0.39, 0.29) is 0 Å². The third-order valence-corrected chi connectivity index (χ3v) is 2.77. The molecule has 0 radical (unpaired) electrons. The Morgan fingerprint density at radius 3 is 2.52 bits per heavy atom. The molecule has 1 aromatic rings. The summed E-state index contributed by atoms with van der Waals surface area (Å²) in [6.07, 6.45) is 3.05. The average Bonchev–Trinajstić information content (AvgIpc) is 2.42. The van der Waals surface area contributed by atoms with E-state index in [0.717, 1.165) is 5.56 Å². The summed E-state index contributed by atoms with van der Waals surface area (Å²) in [5.41, 5.74) is 0.212. The molecule has 0 fully saturated rings. The standard InChI is InChI=1S/C15H22N2O4/c1-15(2,3)21-14(19)17(4)12(13(18)20-5)9-11-7-6-8-16-10-11/h6-8,10,12H,9H2,1-5H3. The monoisotopic (exact) mass is 294 g/mol. The van der Waals surface area contributed by atoms with Gasteiger partial charge in [-0.05, 0) is 32.4 Å². The molecule has 6 nitrogen and oxygen atoms in total. The second-order valence-corrected chi connectivity index (χ2v) is 5.70. The van der Waals surface area contributed by atoms with E-state index in [2.05, 4.69) is 4.98 Å². The number of methoxy groups -OCH3 is 1. The molecule has 0 N–H and O–H groups in total. The molecule has 0 aliphatic carbocycles. The second-order valence-electron chi connectivity index (χ2n) is 5.70. The van der Waals surface area contributed by atoms with Gasteiger partial charge in [0.2, 0.25) is 0 Å². The number of carbonyl (C=O) groups is 2. The quantitative estimate of drug-likeness (QED) is 0.795. The van der Waals surface area contributed by atoms with Crippen molar-refractivity contribution in [3.8, 4) is 0 Å². The van der Waals surface area contributed by atoms with E-state index in [4.69, 9.17) is 9.47 Å². The van der Waals surface area contributed by atoms with E-state index in [9.17, 15) is 9.59 Å². The van der Waals surface area contributed by atoms with Crippen LogP contribution in [0, 0.1) is 0 Å². The van der Waals surface area contributed by atoms with Crippen molar-refractivity contribution < 1.29 is 19.1 Å². The van der Waals surface area contributed by atoms with Gasteiger partial charge in [0.1, 0.15) is 11.6 Å². The topological polar surface area (TPSA) is 68.7 Å². The Hall–Kier alpha value is -2.11. The number of likely N-dealkylation sites (N-methyl/N-ethyl adjacent to an activating group) is 1. The van der Waals surface area contributed by atoms with Crippen molar-refractivity contribution in [3.63, 3.8) is 0 Å². The summed E-state index contributed by atoms with van der Waals surface area (Å²) in [4.78, 5) is 29.3. The van der Waals surface area contributed by atoms with Gasteiger partial charge in [0.25, 0.3) is 0 Å². The van der Waals surface area contributed by atoms with Crippen LogP contribution in [-0.2, 0) is 20.7 Å². The van der Waals surface area contributed by atoms with Crippen molar-refractivity contribution in [2.24, 2.45) is 0 Å². The molecule has 0 aliphatic rings.